The van der Waals surface area contributed by atoms with E-state index in [1.807, 2.05) is 82.3 Å². The molecule has 1 aromatic heterocycles. The molecule has 2 aromatic rings. The Hall–Kier alpha value is -3.62. The molecule has 1 amide bonds. The zero-order valence-corrected chi connectivity index (χ0v) is 41.5. The highest BCUT2D eigenvalue weighted by molar-refractivity contribution is 5.86. The second-order valence-electron chi connectivity index (χ2n) is 20.3. The summed E-state index contributed by atoms with van der Waals surface area (Å²) in [5, 5.41) is 39.1. The zero-order valence-electron chi connectivity index (χ0n) is 41.5. The monoisotopic (exact) mass is 942 g/mol. The maximum atomic E-state index is 14.9. The van der Waals surface area contributed by atoms with Crippen molar-refractivity contribution in [1.29, 1.82) is 0 Å². The molecule has 17 heteroatoms. The van der Waals surface area contributed by atoms with Gasteiger partial charge in [-0.3, -0.25) is 19.9 Å². The topological polar surface area (TPSA) is 214 Å². The van der Waals surface area contributed by atoms with E-state index in [9.17, 15) is 29.7 Å². The number of carbonyl (C=O) groups excluding carboxylic acids is 3. The second kappa shape index (κ2) is 20.8. The molecule has 17 nitrogen and oxygen atoms in total. The first-order valence-corrected chi connectivity index (χ1v) is 23.7. The number of esters is 1. The normalized spacial score (nSPS) is 42.6. The van der Waals surface area contributed by atoms with Gasteiger partial charge in [-0.05, 0) is 92.6 Å². The number of aromatic nitrogens is 1. The van der Waals surface area contributed by atoms with E-state index < -0.39 is 113 Å². The van der Waals surface area contributed by atoms with E-state index in [-0.39, 0.29) is 38.0 Å². The van der Waals surface area contributed by atoms with E-state index in [0.717, 1.165) is 16.5 Å². The number of nitrogens with zero attached hydrogens (tertiary/aromatic N) is 2. The fourth-order valence-corrected chi connectivity index (χ4v) is 10.9. The number of likely N-dealkylation sites (N-methyl/N-ethyl adjacent to an activating group) is 1. The molecular weight excluding hydrogens is 867 g/mol. The van der Waals surface area contributed by atoms with Crippen molar-refractivity contribution in [2.45, 2.75) is 179 Å². The van der Waals surface area contributed by atoms with Gasteiger partial charge in [0, 0.05) is 43.0 Å². The van der Waals surface area contributed by atoms with Crippen LogP contribution >= 0.6 is 0 Å². The fraction of sp³-hybridized carbons (Fsp3) is 0.720. The predicted octanol–water partition coefficient (Wildman–Crippen LogP) is 5.15. The molecule has 18 atom stereocenters. The number of hydrogen-bond donors (Lipinski definition) is 4. The van der Waals surface area contributed by atoms with E-state index in [1.165, 1.54) is 21.0 Å². The molecule has 6 rings (SSSR count). The SMILES string of the molecule is CC[C@H]1OC(=O)[C@H](C)[C@@H](O[C@H]2C[C@](C)(OC)[C@@H](O)[C@H](C)O2)[C@H](C)[C@@H](O[C@@H]2O[C@H](C)C[C@H](N(C)C)[C@H]2O)[C@](C)(OC/C=C/c2cnc3ccccc3c2)C[C@@H](C)C(=O)[C@H](C)[C@@]2(O)NC(=O)O[C@]12C. The number of benzene rings is 1. The molecule has 0 radical (unpaired) electrons. The fourth-order valence-electron chi connectivity index (χ4n) is 10.9. The van der Waals surface area contributed by atoms with Gasteiger partial charge in [-0.15, -0.1) is 0 Å². The van der Waals surface area contributed by atoms with E-state index >= 15 is 0 Å². The van der Waals surface area contributed by atoms with E-state index in [0.29, 0.717) is 6.42 Å². The maximum absolute atomic E-state index is 14.9. The summed E-state index contributed by atoms with van der Waals surface area (Å²) in [6, 6.07) is 9.45. The van der Waals surface area contributed by atoms with Gasteiger partial charge in [-0.1, -0.05) is 58.0 Å². The average Bonchev–Trinajstić information content (AvgIpc) is 3.53. The Kier molecular flexibility index (Phi) is 16.3. The average molecular weight is 942 g/mol. The Balaban J connectivity index is 1.50. The summed E-state index contributed by atoms with van der Waals surface area (Å²) in [5.74, 6) is -5.27. The highest BCUT2D eigenvalue weighted by Gasteiger charge is 2.66. The molecule has 4 N–H and O–H groups in total. The number of aliphatic hydroxyl groups is 3. The number of ketones is 1. The predicted molar refractivity (Wildman–Crippen MR) is 247 cm³/mol. The largest absolute Gasteiger partial charge is 0.458 e. The minimum Gasteiger partial charge on any atom is -0.458 e. The number of pyridine rings is 1. The number of hydrogen-bond acceptors (Lipinski definition) is 16. The number of ether oxygens (including phenoxy) is 8. The van der Waals surface area contributed by atoms with Crippen LogP contribution in [0.5, 0.6) is 0 Å². The van der Waals surface area contributed by atoms with Crippen LogP contribution in [0, 0.1) is 23.7 Å². The molecule has 0 aliphatic carbocycles. The summed E-state index contributed by atoms with van der Waals surface area (Å²) in [4.78, 5) is 49.3. The lowest BCUT2D eigenvalue weighted by Gasteiger charge is -2.50. The van der Waals surface area contributed by atoms with Crippen LogP contribution in [0.3, 0.4) is 0 Å². The summed E-state index contributed by atoms with van der Waals surface area (Å²) in [6.07, 6.45) is -3.67. The molecule has 0 spiro atoms. The molecule has 5 heterocycles. The smallest absolute Gasteiger partial charge is 0.410 e. The molecule has 67 heavy (non-hydrogen) atoms. The highest BCUT2D eigenvalue weighted by Crippen LogP contribution is 2.46. The van der Waals surface area contributed by atoms with Crippen molar-refractivity contribution in [2.75, 3.05) is 27.8 Å². The number of rotatable bonds is 11. The number of amides is 1. The van der Waals surface area contributed by atoms with Crippen LogP contribution in [0.15, 0.2) is 42.6 Å². The highest BCUT2D eigenvalue weighted by atomic mass is 16.7. The van der Waals surface area contributed by atoms with Crippen LogP contribution in [0.25, 0.3) is 17.0 Å². The van der Waals surface area contributed by atoms with E-state index in [2.05, 4.69) is 10.3 Å². The molecule has 4 aliphatic rings. The number of aliphatic hydroxyl groups excluding tert-OH is 2. The summed E-state index contributed by atoms with van der Waals surface area (Å²) < 4.78 is 51.5. The van der Waals surface area contributed by atoms with Crippen molar-refractivity contribution in [3.8, 4) is 0 Å². The Labute approximate surface area is 395 Å². The molecule has 0 saturated carbocycles. The summed E-state index contributed by atoms with van der Waals surface area (Å²) >= 11 is 0. The van der Waals surface area contributed by atoms with Gasteiger partial charge < -0.3 is 58.1 Å². The Morgan fingerprint density at radius 1 is 0.970 bits per heavy atom. The third kappa shape index (κ3) is 10.6. The molecule has 374 valence electrons. The van der Waals surface area contributed by atoms with Crippen LogP contribution in [-0.2, 0) is 47.5 Å². The van der Waals surface area contributed by atoms with Crippen LogP contribution in [0.1, 0.15) is 100 Å². The number of carbonyl (C=O) groups is 3. The first kappa shape index (κ1) is 52.7. The minimum absolute atomic E-state index is 0.0116. The number of para-hydroxylation sites is 1. The van der Waals surface area contributed by atoms with Crippen LogP contribution in [-0.4, -0.2) is 155 Å². The summed E-state index contributed by atoms with van der Waals surface area (Å²) in [5.41, 5.74) is -5.07. The third-order valence-electron chi connectivity index (χ3n) is 15.1. The molecule has 4 fully saturated rings. The summed E-state index contributed by atoms with van der Waals surface area (Å²) in [7, 11) is 5.25. The summed E-state index contributed by atoms with van der Waals surface area (Å²) in [6.45, 7) is 17.1. The van der Waals surface area contributed by atoms with E-state index in [4.69, 9.17) is 37.9 Å². The quantitative estimate of drug-likeness (QED) is 0.215. The number of alkyl carbamates (subject to hydrolysis) is 1. The van der Waals surface area contributed by atoms with Gasteiger partial charge in [-0.2, -0.15) is 0 Å². The van der Waals surface area contributed by atoms with Gasteiger partial charge in [0.15, 0.2) is 23.9 Å². The molecule has 0 bridgehead atoms. The Morgan fingerprint density at radius 2 is 1.67 bits per heavy atom. The molecular formula is C50H75N3O14. The number of Topliss-reactive ketones (excluding diaryl/α,β-unsaturated/α-hetero) is 1. The molecule has 4 saturated heterocycles. The lowest BCUT2D eigenvalue weighted by atomic mass is 9.71. The maximum Gasteiger partial charge on any atom is 0.410 e. The molecule has 0 unspecified atom stereocenters. The van der Waals surface area contributed by atoms with Gasteiger partial charge in [0.2, 0.25) is 0 Å². The number of fused-ring (bicyclic) bond motifs is 2. The Morgan fingerprint density at radius 3 is 2.34 bits per heavy atom. The zero-order chi connectivity index (χ0) is 49.4. The van der Waals surface area contributed by atoms with Crippen molar-refractivity contribution in [2.24, 2.45) is 23.7 Å². The third-order valence-corrected chi connectivity index (χ3v) is 15.1. The van der Waals surface area contributed by atoms with Crippen molar-refractivity contribution >= 4 is 34.8 Å². The van der Waals surface area contributed by atoms with Crippen molar-refractivity contribution in [1.82, 2.24) is 15.2 Å². The number of cyclic esters (lactones) is 1. The first-order chi connectivity index (χ1) is 31.4. The lowest BCUT2D eigenvalue weighted by Crippen LogP contribution is -2.67. The molecule has 1 aromatic carbocycles. The van der Waals surface area contributed by atoms with Crippen LogP contribution < -0.4 is 5.32 Å². The van der Waals surface area contributed by atoms with Gasteiger partial charge in [-0.25, -0.2) is 4.79 Å². The van der Waals surface area contributed by atoms with Gasteiger partial charge in [0.05, 0.1) is 59.6 Å². The van der Waals surface area contributed by atoms with Gasteiger partial charge >= 0.3 is 12.1 Å². The van der Waals surface area contributed by atoms with Crippen LogP contribution in [0.4, 0.5) is 4.79 Å². The van der Waals surface area contributed by atoms with Gasteiger partial charge in [0.25, 0.3) is 0 Å². The van der Waals surface area contributed by atoms with E-state index in [1.54, 1.807) is 40.8 Å². The second-order valence-corrected chi connectivity index (χ2v) is 20.3. The standard InChI is InChI=1S/C50H75N3O14/c1-14-37-49(10)50(59,52-46(58)67-49)31(6)39(54)27(2)24-48(9,61-21-17-18-33-23-34-19-15-16-20-35(34)51-26-33)43(66-45-40(55)36(53(11)12)22-28(3)62-45)29(4)41(30(5)44(57)64-37)65-38-25-47(8,60-13)42(56)32(7)63-38/h15-20,23,26-32,36-38,40-43,45,55-56,59H,14,21-22,24-25H2,1-13H3,(H,52,58)/b18-17+/t27-,28-,29+,30-,31+,32+,36+,37-,38+,40-,41+,42+,43-,45+,47+,48-,49-,50+/m1/s1. The lowest BCUT2D eigenvalue weighted by molar-refractivity contribution is -0.320. The van der Waals surface area contributed by atoms with Gasteiger partial charge in [0.1, 0.15) is 24.1 Å². The Bertz CT molecular complexity index is 2090. The number of nitrogens with one attached hydrogen (secondary N) is 1. The number of methoxy groups -OCH3 is 1. The van der Waals surface area contributed by atoms with Crippen molar-refractivity contribution < 1.29 is 67.6 Å². The minimum atomic E-state index is -2.31. The van der Waals surface area contributed by atoms with Crippen molar-refractivity contribution in [3.05, 3.63) is 48.2 Å². The molecule has 4 aliphatic heterocycles. The van der Waals surface area contributed by atoms with Crippen LogP contribution in [0.2, 0.25) is 0 Å². The van der Waals surface area contributed by atoms with Crippen molar-refractivity contribution in [3.63, 3.8) is 0 Å². The first-order valence-electron chi connectivity index (χ1n) is 23.7.